The van der Waals surface area contributed by atoms with E-state index in [2.05, 4.69) is 0 Å². The summed E-state index contributed by atoms with van der Waals surface area (Å²) in [6.45, 7) is 3.99. The number of piperidine rings is 1. The Kier molecular flexibility index (Phi) is 4.60. The molecule has 0 unspecified atom stereocenters. The summed E-state index contributed by atoms with van der Waals surface area (Å²) in [7, 11) is 0. The number of piperazine rings is 1. The number of nitrogens with zero attached hydrogens (tertiary/aromatic N) is 3. The van der Waals surface area contributed by atoms with Crippen molar-refractivity contribution in [2.24, 2.45) is 5.73 Å². The highest BCUT2D eigenvalue weighted by molar-refractivity contribution is 5.74. The number of aliphatic carboxylic acids is 1. The van der Waals surface area contributed by atoms with Gasteiger partial charge in [-0.05, 0) is 12.8 Å². The van der Waals surface area contributed by atoms with Crippen LogP contribution in [0, 0.1) is 0 Å². The second-order valence-corrected chi connectivity index (χ2v) is 5.26. The van der Waals surface area contributed by atoms with E-state index in [-0.39, 0.29) is 18.6 Å². The third kappa shape index (κ3) is 3.81. The summed E-state index contributed by atoms with van der Waals surface area (Å²) < 4.78 is 0. The molecule has 2 saturated heterocycles. The van der Waals surface area contributed by atoms with Gasteiger partial charge in [-0.25, -0.2) is 4.79 Å². The zero-order valence-corrected chi connectivity index (χ0v) is 11.1. The number of likely N-dealkylation sites (tertiary alicyclic amines) is 1. The van der Waals surface area contributed by atoms with E-state index in [1.54, 1.807) is 0 Å². The van der Waals surface area contributed by atoms with Crippen LogP contribution in [-0.2, 0) is 4.79 Å². The topological polar surface area (TPSA) is 90.1 Å². The zero-order chi connectivity index (χ0) is 13.8. The lowest BCUT2D eigenvalue weighted by Crippen LogP contribution is -2.55. The monoisotopic (exact) mass is 270 g/mol. The molecular weight excluding hydrogens is 248 g/mol. The Morgan fingerprint density at radius 1 is 1.00 bits per heavy atom. The van der Waals surface area contributed by atoms with Gasteiger partial charge in [0, 0.05) is 45.3 Å². The number of amides is 2. The van der Waals surface area contributed by atoms with E-state index in [1.807, 2.05) is 14.7 Å². The average Bonchev–Trinajstić information content (AvgIpc) is 2.39. The highest BCUT2D eigenvalue weighted by Crippen LogP contribution is 2.12. The number of carboxylic acids is 1. The molecule has 0 radical (unpaired) electrons. The molecule has 0 aliphatic carbocycles. The standard InChI is InChI=1S/C12H22N4O3/c13-10-1-3-15(4-2-10)12(19)16-7-5-14(6-8-16)9-11(17)18/h10H,1-9,13H2,(H,17,18). The Morgan fingerprint density at radius 3 is 2.05 bits per heavy atom. The van der Waals surface area contributed by atoms with E-state index in [9.17, 15) is 9.59 Å². The maximum absolute atomic E-state index is 12.3. The van der Waals surface area contributed by atoms with Gasteiger partial charge in [-0.2, -0.15) is 0 Å². The predicted octanol–water partition coefficient (Wildman–Crippen LogP) is -0.768. The molecule has 0 aromatic carbocycles. The van der Waals surface area contributed by atoms with E-state index in [4.69, 9.17) is 10.8 Å². The van der Waals surface area contributed by atoms with Gasteiger partial charge in [0.25, 0.3) is 0 Å². The highest BCUT2D eigenvalue weighted by atomic mass is 16.4. The number of rotatable bonds is 2. The van der Waals surface area contributed by atoms with Crippen molar-refractivity contribution in [3.63, 3.8) is 0 Å². The molecule has 2 aliphatic heterocycles. The quantitative estimate of drug-likeness (QED) is 0.688. The largest absolute Gasteiger partial charge is 0.480 e. The molecule has 2 rings (SSSR count). The lowest BCUT2D eigenvalue weighted by Gasteiger charge is -2.38. The van der Waals surface area contributed by atoms with Gasteiger partial charge in [0.15, 0.2) is 0 Å². The van der Waals surface area contributed by atoms with Crippen LogP contribution in [0.1, 0.15) is 12.8 Å². The molecule has 19 heavy (non-hydrogen) atoms. The van der Waals surface area contributed by atoms with Crippen molar-refractivity contribution in [2.75, 3.05) is 45.8 Å². The summed E-state index contributed by atoms with van der Waals surface area (Å²) in [5, 5.41) is 8.73. The normalized spacial score (nSPS) is 22.6. The third-order valence-electron chi connectivity index (χ3n) is 3.81. The SMILES string of the molecule is NC1CCN(C(=O)N2CCN(CC(=O)O)CC2)CC1. The number of carbonyl (C=O) groups excluding carboxylic acids is 1. The molecular formula is C12H22N4O3. The van der Waals surface area contributed by atoms with Gasteiger partial charge >= 0.3 is 12.0 Å². The zero-order valence-electron chi connectivity index (χ0n) is 11.1. The Hall–Kier alpha value is -1.34. The molecule has 2 amide bonds. The van der Waals surface area contributed by atoms with E-state index < -0.39 is 5.97 Å². The van der Waals surface area contributed by atoms with E-state index in [1.165, 1.54) is 0 Å². The van der Waals surface area contributed by atoms with Crippen molar-refractivity contribution in [2.45, 2.75) is 18.9 Å². The average molecular weight is 270 g/mol. The minimum atomic E-state index is -0.815. The smallest absolute Gasteiger partial charge is 0.320 e. The lowest BCUT2D eigenvalue weighted by atomic mass is 10.1. The van der Waals surface area contributed by atoms with E-state index in [0.717, 1.165) is 25.9 Å². The first-order chi connectivity index (χ1) is 9.06. The molecule has 0 saturated carbocycles. The van der Waals surface area contributed by atoms with Crippen LogP contribution in [0.3, 0.4) is 0 Å². The van der Waals surface area contributed by atoms with Crippen LogP contribution in [0.15, 0.2) is 0 Å². The lowest BCUT2D eigenvalue weighted by molar-refractivity contribution is -0.138. The van der Waals surface area contributed by atoms with Gasteiger partial charge in [-0.1, -0.05) is 0 Å². The fourth-order valence-electron chi connectivity index (χ4n) is 2.58. The number of carboxylic acid groups (broad SMARTS) is 1. The molecule has 108 valence electrons. The van der Waals surface area contributed by atoms with Crippen LogP contribution in [0.25, 0.3) is 0 Å². The Bertz CT molecular complexity index is 334. The number of hydrogen-bond acceptors (Lipinski definition) is 4. The molecule has 2 fully saturated rings. The van der Waals surface area contributed by atoms with Crippen molar-refractivity contribution < 1.29 is 14.7 Å². The highest BCUT2D eigenvalue weighted by Gasteiger charge is 2.27. The predicted molar refractivity (Wildman–Crippen MR) is 69.8 cm³/mol. The summed E-state index contributed by atoms with van der Waals surface area (Å²) in [6, 6.07) is 0.290. The second-order valence-electron chi connectivity index (χ2n) is 5.26. The first-order valence-electron chi connectivity index (χ1n) is 6.80. The maximum Gasteiger partial charge on any atom is 0.320 e. The van der Waals surface area contributed by atoms with Crippen molar-refractivity contribution in [3.05, 3.63) is 0 Å². The Balaban J connectivity index is 1.77. The summed E-state index contributed by atoms with van der Waals surface area (Å²) >= 11 is 0. The first kappa shape index (κ1) is 14.1. The van der Waals surface area contributed by atoms with Crippen LogP contribution >= 0.6 is 0 Å². The van der Waals surface area contributed by atoms with Crippen LogP contribution in [0.2, 0.25) is 0 Å². The number of hydrogen-bond donors (Lipinski definition) is 2. The third-order valence-corrected chi connectivity index (χ3v) is 3.81. The van der Waals surface area contributed by atoms with Gasteiger partial charge in [0.1, 0.15) is 0 Å². The van der Waals surface area contributed by atoms with E-state index in [0.29, 0.717) is 26.2 Å². The molecule has 2 aliphatic rings. The fourth-order valence-corrected chi connectivity index (χ4v) is 2.58. The van der Waals surface area contributed by atoms with Gasteiger partial charge in [0.2, 0.25) is 0 Å². The minimum absolute atomic E-state index is 0.0561. The maximum atomic E-state index is 12.3. The second kappa shape index (κ2) is 6.21. The van der Waals surface area contributed by atoms with Crippen molar-refractivity contribution in [3.8, 4) is 0 Å². The number of carbonyl (C=O) groups is 2. The summed E-state index contributed by atoms with van der Waals surface area (Å²) in [6.07, 6.45) is 1.73. The minimum Gasteiger partial charge on any atom is -0.480 e. The van der Waals surface area contributed by atoms with Gasteiger partial charge < -0.3 is 20.6 Å². The van der Waals surface area contributed by atoms with Crippen molar-refractivity contribution in [1.82, 2.24) is 14.7 Å². The summed E-state index contributed by atoms with van der Waals surface area (Å²) in [5.74, 6) is -0.815. The summed E-state index contributed by atoms with van der Waals surface area (Å²) in [5.41, 5.74) is 5.83. The van der Waals surface area contributed by atoms with E-state index >= 15 is 0 Å². The molecule has 0 spiro atoms. The van der Waals surface area contributed by atoms with Crippen LogP contribution in [0.4, 0.5) is 4.79 Å². The Morgan fingerprint density at radius 2 is 1.53 bits per heavy atom. The van der Waals surface area contributed by atoms with Gasteiger partial charge in [-0.3, -0.25) is 9.69 Å². The number of nitrogens with two attached hydrogens (primary N) is 1. The Labute approximate surface area is 112 Å². The first-order valence-corrected chi connectivity index (χ1v) is 6.80. The molecule has 0 aromatic rings. The van der Waals surface area contributed by atoms with Crippen molar-refractivity contribution >= 4 is 12.0 Å². The number of urea groups is 1. The van der Waals surface area contributed by atoms with Crippen LogP contribution in [0.5, 0.6) is 0 Å². The molecule has 2 heterocycles. The van der Waals surface area contributed by atoms with Crippen molar-refractivity contribution in [1.29, 1.82) is 0 Å². The molecule has 7 heteroatoms. The van der Waals surface area contributed by atoms with Gasteiger partial charge in [0.05, 0.1) is 6.54 Å². The van der Waals surface area contributed by atoms with Crippen LogP contribution in [-0.4, -0.2) is 83.7 Å². The molecule has 3 N–H and O–H groups in total. The van der Waals surface area contributed by atoms with Crippen LogP contribution < -0.4 is 5.73 Å². The van der Waals surface area contributed by atoms with Gasteiger partial charge in [-0.15, -0.1) is 0 Å². The molecule has 7 nitrogen and oxygen atoms in total. The molecule has 0 bridgehead atoms. The molecule has 0 aromatic heterocycles. The fraction of sp³-hybridized carbons (Fsp3) is 0.833. The molecule has 0 atom stereocenters. The summed E-state index contributed by atoms with van der Waals surface area (Å²) in [4.78, 5) is 28.4.